The van der Waals surface area contributed by atoms with Crippen molar-refractivity contribution in [3.8, 4) is 5.75 Å². The fourth-order valence-corrected chi connectivity index (χ4v) is 4.75. The van der Waals surface area contributed by atoms with Gasteiger partial charge in [-0.2, -0.15) is 0 Å². The molecule has 2 unspecified atom stereocenters. The average Bonchev–Trinajstić information content (AvgIpc) is 2.91. The Morgan fingerprint density at radius 3 is 2.73 bits per heavy atom. The summed E-state index contributed by atoms with van der Waals surface area (Å²) in [6.45, 7) is 1.27. The van der Waals surface area contributed by atoms with Gasteiger partial charge in [-0.15, -0.1) is 0 Å². The van der Waals surface area contributed by atoms with Gasteiger partial charge < -0.3 is 14.6 Å². The molecule has 1 heterocycles. The third-order valence-corrected chi connectivity index (χ3v) is 5.71. The van der Waals surface area contributed by atoms with Crippen molar-refractivity contribution in [1.82, 2.24) is 4.90 Å². The monoisotopic (exact) mass is 413 g/mol. The van der Waals surface area contributed by atoms with E-state index in [2.05, 4.69) is 4.90 Å². The molecule has 0 saturated carbocycles. The molecule has 138 valence electrons. The lowest BCUT2D eigenvalue weighted by Gasteiger charge is -2.30. The van der Waals surface area contributed by atoms with Gasteiger partial charge in [-0.3, -0.25) is 4.90 Å². The summed E-state index contributed by atoms with van der Waals surface area (Å²) < 4.78 is 11.0. The van der Waals surface area contributed by atoms with Gasteiger partial charge in [-0.05, 0) is 42.4 Å². The van der Waals surface area contributed by atoms with Crippen LogP contribution < -0.4 is 4.74 Å². The van der Waals surface area contributed by atoms with Gasteiger partial charge in [0.15, 0.2) is 6.79 Å². The van der Waals surface area contributed by atoms with Crippen molar-refractivity contribution in [2.24, 2.45) is 0 Å². The summed E-state index contributed by atoms with van der Waals surface area (Å²) in [5.41, 5.74) is 3.83. The lowest BCUT2D eigenvalue weighted by Crippen LogP contribution is -2.31. The predicted molar refractivity (Wildman–Crippen MR) is 102 cm³/mol. The van der Waals surface area contributed by atoms with E-state index in [0.717, 1.165) is 28.0 Å². The van der Waals surface area contributed by atoms with E-state index in [1.54, 1.807) is 6.07 Å². The molecule has 26 heavy (non-hydrogen) atoms. The van der Waals surface area contributed by atoms with E-state index in [1.807, 2.05) is 25.2 Å². The molecular weight excluding hydrogens is 397 g/mol. The number of fused-ring (bicyclic) bond motifs is 2. The molecule has 2 aliphatic rings. The number of aliphatic hydroxyl groups excluding tert-OH is 1. The van der Waals surface area contributed by atoms with Crippen molar-refractivity contribution in [2.45, 2.75) is 31.7 Å². The molecule has 0 fully saturated rings. The second-order valence-electron chi connectivity index (χ2n) is 6.75. The molecule has 1 N–H and O–H groups in total. The molecule has 0 radical (unpaired) electrons. The fourth-order valence-electron chi connectivity index (χ4n) is 3.90. The smallest absolute Gasteiger partial charge is 0.189 e. The highest BCUT2D eigenvalue weighted by Crippen LogP contribution is 2.42. The Morgan fingerprint density at radius 1 is 1.15 bits per heavy atom. The summed E-state index contributed by atoms with van der Waals surface area (Å²) in [4.78, 5) is 2.08. The average molecular weight is 415 g/mol. The molecule has 0 amide bonds. The van der Waals surface area contributed by atoms with Crippen LogP contribution in [0.4, 0.5) is 0 Å². The molecule has 2 aromatic rings. The van der Waals surface area contributed by atoms with Crippen LogP contribution in [0.3, 0.4) is 0 Å². The Kier molecular flexibility index (Phi) is 5.08. The second-order valence-corrected chi connectivity index (χ2v) is 8.03. The number of nitrogens with zero attached hydrogens (tertiary/aromatic N) is 1. The minimum absolute atomic E-state index is 0.198. The summed E-state index contributed by atoms with van der Waals surface area (Å²) in [6, 6.07) is 7.17. The van der Waals surface area contributed by atoms with E-state index < -0.39 is 6.10 Å². The van der Waals surface area contributed by atoms with Crippen LogP contribution >= 0.6 is 34.8 Å². The highest BCUT2D eigenvalue weighted by atomic mass is 35.5. The fraction of sp³-hybridized carbons (Fsp3) is 0.368. The maximum absolute atomic E-state index is 10.6. The summed E-state index contributed by atoms with van der Waals surface area (Å²) >= 11 is 18.8. The minimum atomic E-state index is -0.551. The van der Waals surface area contributed by atoms with E-state index >= 15 is 0 Å². The Morgan fingerprint density at radius 2 is 1.92 bits per heavy atom. The number of hydrogen-bond acceptors (Lipinski definition) is 4. The van der Waals surface area contributed by atoms with Gasteiger partial charge in [0.2, 0.25) is 0 Å². The summed E-state index contributed by atoms with van der Waals surface area (Å²) in [5, 5.41) is 12.5. The van der Waals surface area contributed by atoms with Gasteiger partial charge in [-0.1, -0.05) is 34.8 Å². The first-order valence-corrected chi connectivity index (χ1v) is 9.45. The first kappa shape index (κ1) is 18.4. The molecule has 0 saturated heterocycles. The second kappa shape index (κ2) is 7.19. The van der Waals surface area contributed by atoms with Gasteiger partial charge in [0.05, 0.1) is 18.8 Å². The molecule has 0 aromatic heterocycles. The lowest BCUT2D eigenvalue weighted by atomic mass is 10.0. The molecule has 4 rings (SSSR count). The van der Waals surface area contributed by atoms with E-state index in [-0.39, 0.29) is 12.8 Å². The van der Waals surface area contributed by atoms with Crippen LogP contribution in [0.5, 0.6) is 5.75 Å². The summed E-state index contributed by atoms with van der Waals surface area (Å²) in [6.07, 6.45) is -0.0385. The Balaban J connectivity index is 1.66. The van der Waals surface area contributed by atoms with Crippen molar-refractivity contribution in [2.75, 3.05) is 13.8 Å². The number of likely N-dealkylation sites (N-methyl/N-ethyl adjacent to an activating group) is 1. The maximum atomic E-state index is 10.6. The van der Waals surface area contributed by atoms with Gasteiger partial charge >= 0.3 is 0 Å². The normalized spacial score (nSPS) is 21.5. The van der Waals surface area contributed by atoms with E-state index in [9.17, 15) is 5.11 Å². The van der Waals surface area contributed by atoms with Crippen molar-refractivity contribution in [3.05, 3.63) is 61.6 Å². The molecule has 1 aliphatic carbocycles. The molecule has 7 heteroatoms. The number of benzene rings is 2. The Labute approximate surface area is 167 Å². The molecular formula is C19H18Cl3NO3. The van der Waals surface area contributed by atoms with Crippen molar-refractivity contribution >= 4 is 34.8 Å². The van der Waals surface area contributed by atoms with Gasteiger partial charge in [0.25, 0.3) is 0 Å². The first-order chi connectivity index (χ1) is 12.4. The van der Waals surface area contributed by atoms with Crippen molar-refractivity contribution < 1.29 is 14.6 Å². The van der Waals surface area contributed by atoms with Gasteiger partial charge in [-0.25, -0.2) is 0 Å². The third-order valence-electron chi connectivity index (χ3n) is 4.94. The molecule has 0 spiro atoms. The number of ether oxygens (including phenoxy) is 2. The molecule has 4 nitrogen and oxygen atoms in total. The van der Waals surface area contributed by atoms with E-state index in [0.29, 0.717) is 34.6 Å². The van der Waals surface area contributed by atoms with Crippen LogP contribution in [0, 0.1) is 0 Å². The Hall–Kier alpha value is -1.01. The van der Waals surface area contributed by atoms with E-state index in [4.69, 9.17) is 44.3 Å². The highest BCUT2D eigenvalue weighted by molar-refractivity contribution is 6.35. The quantitative estimate of drug-likeness (QED) is 0.797. The van der Waals surface area contributed by atoms with Crippen LogP contribution in [0.25, 0.3) is 0 Å². The van der Waals surface area contributed by atoms with Crippen LogP contribution in [0.1, 0.15) is 28.3 Å². The SMILES string of the molecule is CN(Cc1cc(Cl)cc2c1OCOC2)C1c2cc(Cl)cc(Cl)c2CC1O. The Bertz CT molecular complexity index is 858. The molecule has 1 aliphatic heterocycles. The number of hydrogen-bond donors (Lipinski definition) is 1. The van der Waals surface area contributed by atoms with Crippen LogP contribution in [0.15, 0.2) is 24.3 Å². The zero-order chi connectivity index (χ0) is 18.4. The summed E-state index contributed by atoms with van der Waals surface area (Å²) in [7, 11) is 1.96. The molecule has 2 atom stereocenters. The number of rotatable bonds is 3. The topological polar surface area (TPSA) is 41.9 Å². The zero-order valence-corrected chi connectivity index (χ0v) is 16.4. The number of aliphatic hydroxyl groups is 1. The van der Waals surface area contributed by atoms with Crippen molar-refractivity contribution in [1.29, 1.82) is 0 Å². The molecule has 2 aromatic carbocycles. The van der Waals surface area contributed by atoms with E-state index in [1.165, 1.54) is 0 Å². The number of halogens is 3. The van der Waals surface area contributed by atoms with Crippen molar-refractivity contribution in [3.63, 3.8) is 0 Å². The van der Waals surface area contributed by atoms with Crippen LogP contribution in [-0.2, 0) is 24.3 Å². The zero-order valence-electron chi connectivity index (χ0n) is 14.1. The largest absolute Gasteiger partial charge is 0.467 e. The first-order valence-electron chi connectivity index (χ1n) is 8.32. The lowest BCUT2D eigenvalue weighted by molar-refractivity contribution is -0.0178. The molecule has 0 bridgehead atoms. The van der Waals surface area contributed by atoms with Crippen LogP contribution in [-0.4, -0.2) is 30.0 Å². The predicted octanol–water partition coefficient (Wildman–Crippen LogP) is 4.60. The standard InChI is InChI=1S/C19H18Cl3NO3/c1-23(7-10-2-12(20)3-11-8-25-9-26-19(10)11)18-15-4-13(21)5-16(22)14(15)6-17(18)24/h2-5,17-18,24H,6-9H2,1H3. The minimum Gasteiger partial charge on any atom is -0.467 e. The maximum Gasteiger partial charge on any atom is 0.189 e. The van der Waals surface area contributed by atoms with Crippen LogP contribution in [0.2, 0.25) is 15.1 Å². The highest BCUT2D eigenvalue weighted by Gasteiger charge is 2.36. The summed E-state index contributed by atoms with van der Waals surface area (Å²) in [5.74, 6) is 0.810. The van der Waals surface area contributed by atoms with Gasteiger partial charge in [0, 0.05) is 39.2 Å². The third kappa shape index (κ3) is 3.31. The van der Waals surface area contributed by atoms with Gasteiger partial charge in [0.1, 0.15) is 5.75 Å².